The number of nitrogens with zero attached hydrogens (tertiary/aromatic N) is 2. The number of primary amides is 1. The van der Waals surface area contributed by atoms with E-state index < -0.39 is 27.6 Å². The number of anilines is 2. The number of imidazole rings is 1. The van der Waals surface area contributed by atoms with Crippen molar-refractivity contribution in [1.29, 1.82) is 0 Å². The predicted octanol–water partition coefficient (Wildman–Crippen LogP) is 2.89. The third-order valence-electron chi connectivity index (χ3n) is 4.34. The number of rotatable bonds is 10. The zero-order valence-electron chi connectivity index (χ0n) is 17.3. The Bertz CT molecular complexity index is 1280. The van der Waals surface area contributed by atoms with Gasteiger partial charge in [-0.1, -0.05) is 0 Å². The van der Waals surface area contributed by atoms with Crippen LogP contribution in [0.1, 0.15) is 16.8 Å². The van der Waals surface area contributed by atoms with Gasteiger partial charge in [0.15, 0.2) is 5.03 Å². The summed E-state index contributed by atoms with van der Waals surface area (Å²) in [5.74, 6) is -2.39. The number of nitrogens with one attached hydrogen (secondary N) is 2. The first-order valence-electron chi connectivity index (χ1n) is 9.52. The number of aromatic nitrogens is 2. The van der Waals surface area contributed by atoms with Crippen molar-refractivity contribution in [2.75, 3.05) is 18.5 Å². The summed E-state index contributed by atoms with van der Waals surface area (Å²) in [5, 5.41) is 2.55. The second kappa shape index (κ2) is 10.4. The number of nitrogens with two attached hydrogens (primary N) is 1. The number of sulfonamides is 1. The predicted molar refractivity (Wildman–Crippen MR) is 126 cm³/mol. The van der Waals surface area contributed by atoms with Crippen LogP contribution in [0.25, 0.3) is 0 Å². The van der Waals surface area contributed by atoms with Gasteiger partial charge in [0, 0.05) is 29.4 Å². The third-order valence-corrected chi connectivity index (χ3v) is 6.36. The van der Waals surface area contributed by atoms with E-state index in [-0.39, 0.29) is 47.3 Å². The van der Waals surface area contributed by atoms with E-state index in [2.05, 4.69) is 15.0 Å². The average Bonchev–Trinajstić information content (AvgIpc) is 3.16. The summed E-state index contributed by atoms with van der Waals surface area (Å²) < 4.78 is 62.7. The molecule has 13 heteroatoms. The Morgan fingerprint density at radius 2 is 2.00 bits per heavy atom. The molecule has 1 heterocycles. The number of amides is 1. The molecule has 1 aromatic heterocycles. The molecule has 0 saturated heterocycles. The summed E-state index contributed by atoms with van der Waals surface area (Å²) in [6.45, 7) is -0.0368. The van der Waals surface area contributed by atoms with Crippen LogP contribution in [0.2, 0.25) is 0 Å². The maximum absolute atomic E-state index is 14.2. The molecule has 3 rings (SSSR count). The second-order valence-electron chi connectivity index (χ2n) is 6.92. The quantitative estimate of drug-likeness (QED) is 0.246. The number of carbonyl (C=O) groups excluding carboxylic acids is 1. The molecule has 176 valence electrons. The first-order chi connectivity index (χ1) is 15.6. The number of benzene rings is 2. The van der Waals surface area contributed by atoms with Crippen LogP contribution in [0.4, 0.5) is 20.2 Å². The highest BCUT2D eigenvalue weighted by molar-refractivity contribution is 14.1. The molecule has 1 amide bonds. The molecular formula is C20H20F2IN5O4S. The molecule has 0 aliphatic heterocycles. The van der Waals surface area contributed by atoms with Crippen molar-refractivity contribution < 1.29 is 26.7 Å². The van der Waals surface area contributed by atoms with Gasteiger partial charge in [0.2, 0.25) is 0 Å². The molecule has 0 aliphatic rings. The summed E-state index contributed by atoms with van der Waals surface area (Å²) in [5.41, 5.74) is 5.26. The maximum Gasteiger partial charge on any atom is 0.259 e. The lowest BCUT2D eigenvalue weighted by Crippen LogP contribution is -2.26. The highest BCUT2D eigenvalue weighted by Gasteiger charge is 2.20. The van der Waals surface area contributed by atoms with Gasteiger partial charge in [-0.2, -0.15) is 0 Å². The molecular weight excluding hydrogens is 571 g/mol. The van der Waals surface area contributed by atoms with Crippen LogP contribution < -0.4 is 20.5 Å². The summed E-state index contributed by atoms with van der Waals surface area (Å²) in [4.78, 5) is 15.8. The fraction of sp³-hybridized carbons (Fsp3) is 0.200. The minimum absolute atomic E-state index is 0.0130. The van der Waals surface area contributed by atoms with Gasteiger partial charge in [0.25, 0.3) is 15.9 Å². The summed E-state index contributed by atoms with van der Waals surface area (Å²) in [6.07, 6.45) is 2.92. The first kappa shape index (κ1) is 24.9. The minimum Gasteiger partial charge on any atom is -0.493 e. The summed E-state index contributed by atoms with van der Waals surface area (Å²) >= 11 is 1.94. The number of aryl methyl sites for hydroxylation is 1. The minimum atomic E-state index is -3.78. The summed E-state index contributed by atoms with van der Waals surface area (Å²) in [7, 11) is -2.14. The number of carbonyl (C=O) groups is 1. The van der Waals surface area contributed by atoms with Crippen molar-refractivity contribution in [2.24, 2.45) is 12.8 Å². The molecule has 9 nitrogen and oxygen atoms in total. The molecule has 33 heavy (non-hydrogen) atoms. The first-order valence-corrected chi connectivity index (χ1v) is 12.1. The molecule has 0 spiro atoms. The monoisotopic (exact) mass is 591 g/mol. The Balaban J connectivity index is 1.69. The van der Waals surface area contributed by atoms with E-state index in [1.54, 1.807) is 13.1 Å². The number of ether oxygens (including phenoxy) is 1. The van der Waals surface area contributed by atoms with Crippen LogP contribution in [0.15, 0.2) is 47.9 Å². The van der Waals surface area contributed by atoms with Crippen molar-refractivity contribution in [3.63, 3.8) is 0 Å². The molecule has 0 saturated carbocycles. The standard InChI is InChI=1S/C20H20F2IN5O4S/c1-28-10-18(25-11-28)33(30,31)26-5-2-6-32-17-8-12(21)7-16(19(17)20(24)29)27-15-4-3-13(23)9-14(15)22/h3-4,7-11,26-27H,2,5-6H2,1H3,(H2,24,29). The Morgan fingerprint density at radius 1 is 1.24 bits per heavy atom. The number of halogens is 3. The highest BCUT2D eigenvalue weighted by Crippen LogP contribution is 2.31. The molecule has 0 atom stereocenters. The van der Waals surface area contributed by atoms with Crippen molar-refractivity contribution in [2.45, 2.75) is 11.4 Å². The van der Waals surface area contributed by atoms with Gasteiger partial charge in [-0.25, -0.2) is 26.9 Å². The second-order valence-corrected chi connectivity index (χ2v) is 9.88. The fourth-order valence-corrected chi connectivity index (χ4v) is 4.35. The lowest BCUT2D eigenvalue weighted by molar-refractivity contribution is 0.0997. The number of hydrogen-bond donors (Lipinski definition) is 3. The van der Waals surface area contributed by atoms with E-state index in [9.17, 15) is 22.0 Å². The molecule has 0 bridgehead atoms. The SMILES string of the molecule is Cn1cnc(S(=O)(=O)NCCCOc2cc(F)cc(Nc3ccc(I)cc3F)c2C(N)=O)c1. The van der Waals surface area contributed by atoms with Crippen molar-refractivity contribution in [1.82, 2.24) is 14.3 Å². The van der Waals surface area contributed by atoms with E-state index >= 15 is 0 Å². The molecule has 4 N–H and O–H groups in total. The van der Waals surface area contributed by atoms with Gasteiger partial charge in [-0.05, 0) is 53.3 Å². The van der Waals surface area contributed by atoms with E-state index in [1.807, 2.05) is 22.6 Å². The van der Waals surface area contributed by atoms with E-state index in [0.717, 1.165) is 12.1 Å². The Hall–Kier alpha value is -2.78. The number of hydrogen-bond acceptors (Lipinski definition) is 6. The van der Waals surface area contributed by atoms with Crippen LogP contribution in [0.5, 0.6) is 5.75 Å². The van der Waals surface area contributed by atoms with Gasteiger partial charge < -0.3 is 20.4 Å². The lowest BCUT2D eigenvalue weighted by Gasteiger charge is -2.16. The van der Waals surface area contributed by atoms with Gasteiger partial charge in [0.05, 0.1) is 24.3 Å². The van der Waals surface area contributed by atoms with Gasteiger partial charge in [-0.3, -0.25) is 4.79 Å². The Kier molecular flexibility index (Phi) is 7.86. The Morgan fingerprint density at radius 3 is 2.64 bits per heavy atom. The molecule has 0 aliphatic carbocycles. The van der Waals surface area contributed by atoms with Crippen molar-refractivity contribution in [3.05, 3.63) is 63.6 Å². The average molecular weight is 591 g/mol. The molecule has 0 unspecified atom stereocenters. The summed E-state index contributed by atoms with van der Waals surface area (Å²) in [6, 6.07) is 6.34. The maximum atomic E-state index is 14.2. The van der Waals surface area contributed by atoms with Crippen molar-refractivity contribution >= 4 is 49.9 Å². The largest absolute Gasteiger partial charge is 0.493 e. The smallest absolute Gasteiger partial charge is 0.259 e. The van der Waals surface area contributed by atoms with Crippen molar-refractivity contribution in [3.8, 4) is 5.75 Å². The van der Waals surface area contributed by atoms with Gasteiger partial charge in [0.1, 0.15) is 22.9 Å². The third kappa shape index (κ3) is 6.39. The molecule has 2 aromatic carbocycles. The fourth-order valence-electron chi connectivity index (χ4n) is 2.85. The molecule has 0 radical (unpaired) electrons. The normalized spacial score (nSPS) is 11.4. The van der Waals surface area contributed by atoms with Crippen LogP contribution in [0.3, 0.4) is 0 Å². The van der Waals surface area contributed by atoms with Crippen LogP contribution >= 0.6 is 22.6 Å². The Labute approximate surface area is 202 Å². The zero-order chi connectivity index (χ0) is 24.2. The van der Waals surface area contributed by atoms with E-state index in [4.69, 9.17) is 10.5 Å². The molecule has 3 aromatic rings. The molecule has 0 fully saturated rings. The van der Waals surface area contributed by atoms with E-state index in [0.29, 0.717) is 3.57 Å². The van der Waals surface area contributed by atoms with Crippen LogP contribution in [-0.2, 0) is 17.1 Å². The van der Waals surface area contributed by atoms with Crippen LogP contribution in [0, 0.1) is 15.2 Å². The topological polar surface area (TPSA) is 128 Å². The zero-order valence-corrected chi connectivity index (χ0v) is 20.3. The van der Waals surface area contributed by atoms with Gasteiger partial charge in [-0.15, -0.1) is 0 Å². The van der Waals surface area contributed by atoms with E-state index in [1.165, 1.54) is 29.2 Å². The van der Waals surface area contributed by atoms with Crippen LogP contribution in [-0.4, -0.2) is 37.0 Å². The lowest BCUT2D eigenvalue weighted by atomic mass is 10.1. The highest BCUT2D eigenvalue weighted by atomic mass is 127. The van der Waals surface area contributed by atoms with Gasteiger partial charge >= 0.3 is 0 Å².